The molecule has 0 fully saturated rings. The molecule has 1 amide bonds. The number of amides is 1. The van der Waals surface area contributed by atoms with Crippen LogP contribution >= 0.6 is 23.1 Å². The van der Waals surface area contributed by atoms with Gasteiger partial charge in [0, 0.05) is 4.88 Å². The Hall–Kier alpha value is -3.34. The number of rotatable bonds is 7. The van der Waals surface area contributed by atoms with Crippen molar-refractivity contribution < 1.29 is 4.79 Å². The SMILES string of the molecule is C#CCNC(=O)CSc1nc2cc(-c3ccccc3)sc2c(=O)n1Cc1ccccc1. The molecule has 0 bridgehead atoms. The Labute approximate surface area is 188 Å². The van der Waals surface area contributed by atoms with Crippen molar-refractivity contribution in [3.05, 3.63) is 82.6 Å². The molecule has 31 heavy (non-hydrogen) atoms. The number of carbonyl (C=O) groups is 1. The molecule has 7 heteroatoms. The number of thiophene rings is 1. The minimum absolute atomic E-state index is 0.104. The van der Waals surface area contributed by atoms with E-state index < -0.39 is 0 Å². The molecule has 154 valence electrons. The van der Waals surface area contributed by atoms with Crippen molar-refractivity contribution in [2.75, 3.05) is 12.3 Å². The molecule has 0 radical (unpaired) electrons. The fraction of sp³-hybridized carbons (Fsp3) is 0.125. The van der Waals surface area contributed by atoms with Crippen molar-refractivity contribution in [1.82, 2.24) is 14.9 Å². The first-order valence-corrected chi connectivity index (χ1v) is 11.4. The van der Waals surface area contributed by atoms with Crippen LogP contribution in [0.15, 0.2) is 76.7 Å². The molecule has 5 nitrogen and oxygen atoms in total. The molecule has 2 aromatic carbocycles. The van der Waals surface area contributed by atoms with Crippen LogP contribution < -0.4 is 10.9 Å². The van der Waals surface area contributed by atoms with Gasteiger partial charge in [-0.2, -0.15) is 0 Å². The molecule has 0 aliphatic carbocycles. The number of fused-ring (bicyclic) bond motifs is 1. The van der Waals surface area contributed by atoms with E-state index in [1.807, 2.05) is 66.7 Å². The maximum absolute atomic E-state index is 13.4. The Morgan fingerprint density at radius 2 is 1.84 bits per heavy atom. The van der Waals surface area contributed by atoms with Crippen LogP contribution in [-0.4, -0.2) is 27.8 Å². The number of nitrogens with one attached hydrogen (secondary N) is 1. The van der Waals surface area contributed by atoms with E-state index in [1.165, 1.54) is 23.1 Å². The molecule has 0 saturated carbocycles. The summed E-state index contributed by atoms with van der Waals surface area (Å²) in [5, 5.41) is 3.15. The number of terminal acetylenes is 1. The Kier molecular flexibility index (Phi) is 6.51. The molecule has 0 aliphatic heterocycles. The first-order valence-electron chi connectivity index (χ1n) is 9.62. The molecule has 0 atom stereocenters. The Morgan fingerprint density at radius 3 is 2.55 bits per heavy atom. The highest BCUT2D eigenvalue weighted by Gasteiger charge is 2.17. The van der Waals surface area contributed by atoms with Gasteiger partial charge < -0.3 is 5.32 Å². The predicted octanol–water partition coefficient (Wildman–Crippen LogP) is 4.01. The first kappa shape index (κ1) is 20.9. The van der Waals surface area contributed by atoms with E-state index in [1.54, 1.807) is 4.57 Å². The largest absolute Gasteiger partial charge is 0.344 e. The van der Waals surface area contributed by atoms with Gasteiger partial charge in [0.25, 0.3) is 5.56 Å². The smallest absolute Gasteiger partial charge is 0.272 e. The van der Waals surface area contributed by atoms with Crippen LogP contribution in [0.25, 0.3) is 20.7 Å². The van der Waals surface area contributed by atoms with Crippen molar-refractivity contribution in [3.63, 3.8) is 0 Å². The van der Waals surface area contributed by atoms with E-state index in [9.17, 15) is 9.59 Å². The van der Waals surface area contributed by atoms with Gasteiger partial charge in [0.1, 0.15) is 4.70 Å². The van der Waals surface area contributed by atoms with E-state index in [-0.39, 0.29) is 23.8 Å². The zero-order valence-electron chi connectivity index (χ0n) is 16.6. The predicted molar refractivity (Wildman–Crippen MR) is 127 cm³/mol. The third-order valence-electron chi connectivity index (χ3n) is 4.56. The van der Waals surface area contributed by atoms with Gasteiger partial charge in [-0.3, -0.25) is 14.2 Å². The number of hydrogen-bond donors (Lipinski definition) is 1. The zero-order valence-corrected chi connectivity index (χ0v) is 18.2. The van der Waals surface area contributed by atoms with Crippen molar-refractivity contribution in [2.45, 2.75) is 11.7 Å². The van der Waals surface area contributed by atoms with E-state index in [0.717, 1.165) is 16.0 Å². The molecule has 1 N–H and O–H groups in total. The molecule has 2 heterocycles. The van der Waals surface area contributed by atoms with Crippen molar-refractivity contribution >= 4 is 39.2 Å². The number of nitrogens with zero attached hydrogens (tertiary/aromatic N) is 2. The third-order valence-corrected chi connectivity index (χ3v) is 6.70. The first-order chi connectivity index (χ1) is 15.2. The number of hydrogen-bond acceptors (Lipinski definition) is 5. The summed E-state index contributed by atoms with van der Waals surface area (Å²) in [5.74, 6) is 2.32. The summed E-state index contributed by atoms with van der Waals surface area (Å²) in [6.45, 7) is 0.559. The van der Waals surface area contributed by atoms with Crippen LogP contribution in [0.3, 0.4) is 0 Å². The van der Waals surface area contributed by atoms with Crippen molar-refractivity contribution in [1.29, 1.82) is 0 Å². The van der Waals surface area contributed by atoms with Gasteiger partial charge in [0.05, 0.1) is 24.4 Å². The summed E-state index contributed by atoms with van der Waals surface area (Å²) >= 11 is 2.67. The van der Waals surface area contributed by atoms with Crippen molar-refractivity contribution in [3.8, 4) is 22.8 Å². The summed E-state index contributed by atoms with van der Waals surface area (Å²) in [4.78, 5) is 31.2. The molecule has 0 unspecified atom stereocenters. The van der Waals surface area contributed by atoms with Crippen LogP contribution in [-0.2, 0) is 11.3 Å². The zero-order chi connectivity index (χ0) is 21.6. The molecular formula is C24H19N3O2S2. The summed E-state index contributed by atoms with van der Waals surface area (Å²) < 4.78 is 2.25. The topological polar surface area (TPSA) is 64.0 Å². The van der Waals surface area contributed by atoms with Crippen molar-refractivity contribution in [2.24, 2.45) is 0 Å². The highest BCUT2D eigenvalue weighted by atomic mass is 32.2. The average Bonchev–Trinajstić information content (AvgIpc) is 3.24. The lowest BCUT2D eigenvalue weighted by Gasteiger charge is -2.12. The Bertz CT molecular complexity index is 1310. The second kappa shape index (κ2) is 9.65. The van der Waals surface area contributed by atoms with E-state index in [4.69, 9.17) is 11.4 Å². The van der Waals surface area contributed by atoms with Crippen LogP contribution in [0.4, 0.5) is 0 Å². The van der Waals surface area contributed by atoms with Gasteiger partial charge in [-0.1, -0.05) is 78.3 Å². The highest BCUT2D eigenvalue weighted by Crippen LogP contribution is 2.32. The molecule has 2 aromatic heterocycles. The number of carbonyl (C=O) groups excluding carboxylic acids is 1. The van der Waals surface area contributed by atoms with Crippen LogP contribution in [0.1, 0.15) is 5.56 Å². The van der Waals surface area contributed by atoms with Crippen LogP contribution in [0.5, 0.6) is 0 Å². The standard InChI is InChI=1S/C24H19N3O2S2/c1-2-13-25-21(28)16-30-24-26-19-14-20(18-11-7-4-8-12-18)31-22(19)23(29)27(24)15-17-9-5-3-6-10-17/h1,3-12,14H,13,15-16H2,(H,25,28). The maximum Gasteiger partial charge on any atom is 0.272 e. The van der Waals surface area contributed by atoms with Gasteiger partial charge in [0.2, 0.25) is 5.91 Å². The van der Waals surface area contributed by atoms with Gasteiger partial charge in [-0.05, 0) is 17.2 Å². The van der Waals surface area contributed by atoms with E-state index >= 15 is 0 Å². The van der Waals surface area contributed by atoms with Crippen LogP contribution in [0, 0.1) is 12.3 Å². The lowest BCUT2D eigenvalue weighted by Crippen LogP contribution is -2.27. The van der Waals surface area contributed by atoms with E-state index in [0.29, 0.717) is 21.9 Å². The minimum Gasteiger partial charge on any atom is -0.344 e. The molecule has 0 aliphatic rings. The molecular weight excluding hydrogens is 426 g/mol. The fourth-order valence-electron chi connectivity index (χ4n) is 3.08. The van der Waals surface area contributed by atoms with E-state index in [2.05, 4.69) is 11.2 Å². The van der Waals surface area contributed by atoms with Gasteiger partial charge >= 0.3 is 0 Å². The second-order valence-electron chi connectivity index (χ2n) is 6.73. The number of benzene rings is 2. The summed E-state index contributed by atoms with van der Waals surface area (Å²) in [6.07, 6.45) is 5.20. The monoisotopic (exact) mass is 445 g/mol. The van der Waals surface area contributed by atoms with Gasteiger partial charge in [-0.15, -0.1) is 17.8 Å². The Balaban J connectivity index is 1.75. The molecule has 4 aromatic rings. The summed E-state index contributed by atoms with van der Waals surface area (Å²) in [6, 6.07) is 21.6. The quantitative estimate of drug-likeness (QED) is 0.265. The lowest BCUT2D eigenvalue weighted by atomic mass is 10.2. The second-order valence-corrected chi connectivity index (χ2v) is 8.73. The normalized spacial score (nSPS) is 10.7. The van der Waals surface area contributed by atoms with Gasteiger partial charge in [-0.25, -0.2) is 4.98 Å². The fourth-order valence-corrected chi connectivity index (χ4v) is 4.96. The number of aromatic nitrogens is 2. The van der Waals surface area contributed by atoms with Crippen LogP contribution in [0.2, 0.25) is 0 Å². The summed E-state index contributed by atoms with van der Waals surface area (Å²) in [7, 11) is 0. The van der Waals surface area contributed by atoms with Gasteiger partial charge in [0.15, 0.2) is 5.16 Å². The minimum atomic E-state index is -0.196. The lowest BCUT2D eigenvalue weighted by molar-refractivity contribution is -0.118. The summed E-state index contributed by atoms with van der Waals surface area (Å²) in [5.41, 5.74) is 2.57. The molecule has 0 saturated heterocycles. The molecule has 0 spiro atoms. The Morgan fingerprint density at radius 1 is 1.13 bits per heavy atom. The number of thioether (sulfide) groups is 1. The third kappa shape index (κ3) is 4.88. The molecule has 4 rings (SSSR count). The maximum atomic E-state index is 13.4. The average molecular weight is 446 g/mol. The highest BCUT2D eigenvalue weighted by molar-refractivity contribution is 7.99.